The first kappa shape index (κ1) is 13.2. The topological polar surface area (TPSA) is 40.5 Å². The molecule has 1 N–H and O–H groups in total. The Bertz CT molecular complexity index is 255. The van der Waals surface area contributed by atoms with Crippen molar-refractivity contribution in [1.82, 2.24) is 4.90 Å². The summed E-state index contributed by atoms with van der Waals surface area (Å²) in [5.41, 5.74) is 0.922. The molecule has 0 bridgehead atoms. The van der Waals surface area contributed by atoms with Crippen molar-refractivity contribution in [2.24, 2.45) is 5.92 Å². The summed E-state index contributed by atoms with van der Waals surface area (Å²) < 4.78 is 0. The van der Waals surface area contributed by atoms with Crippen LogP contribution in [-0.2, 0) is 4.79 Å². The second-order valence-corrected chi connectivity index (χ2v) is 5.03. The summed E-state index contributed by atoms with van der Waals surface area (Å²) in [7, 11) is 2.08. The number of hydrogen-bond acceptors (Lipinski definition) is 2. The van der Waals surface area contributed by atoms with E-state index in [9.17, 15) is 4.79 Å². The number of nitrogens with zero attached hydrogens (tertiary/aromatic N) is 1. The molecular formula is C13H23NO2. The summed E-state index contributed by atoms with van der Waals surface area (Å²) in [6.45, 7) is 3.75. The second kappa shape index (κ2) is 6.69. The molecule has 1 aliphatic rings. The average Bonchev–Trinajstić information content (AvgIpc) is 2.17. The first-order chi connectivity index (χ1) is 7.58. The van der Waals surface area contributed by atoms with Crippen molar-refractivity contribution in [3.63, 3.8) is 0 Å². The maximum Gasteiger partial charge on any atom is 0.328 e. The highest BCUT2D eigenvalue weighted by Gasteiger charge is 2.15. The zero-order chi connectivity index (χ0) is 12.0. The van der Waals surface area contributed by atoms with Crippen molar-refractivity contribution in [2.75, 3.05) is 20.1 Å². The highest BCUT2D eigenvalue weighted by atomic mass is 16.4. The molecule has 0 saturated heterocycles. The predicted octanol–water partition coefficient (Wildman–Crippen LogP) is 2.53. The van der Waals surface area contributed by atoms with Crippen molar-refractivity contribution in [1.29, 1.82) is 0 Å². The van der Waals surface area contributed by atoms with Crippen molar-refractivity contribution in [2.45, 2.75) is 39.0 Å². The Labute approximate surface area is 98.1 Å². The Morgan fingerprint density at radius 1 is 1.38 bits per heavy atom. The summed E-state index contributed by atoms with van der Waals surface area (Å²) in [5.74, 6) is -0.0278. The third kappa shape index (κ3) is 5.31. The number of hydrogen-bond donors (Lipinski definition) is 1. The van der Waals surface area contributed by atoms with Crippen molar-refractivity contribution < 1.29 is 9.90 Å². The van der Waals surface area contributed by atoms with Gasteiger partial charge in [0.25, 0.3) is 0 Å². The van der Waals surface area contributed by atoms with Gasteiger partial charge in [-0.3, -0.25) is 0 Å². The number of carboxylic acid groups (broad SMARTS) is 1. The van der Waals surface area contributed by atoms with Crippen LogP contribution < -0.4 is 0 Å². The van der Waals surface area contributed by atoms with Gasteiger partial charge in [0.05, 0.1) is 0 Å². The third-order valence-electron chi connectivity index (χ3n) is 3.18. The van der Waals surface area contributed by atoms with Crippen molar-refractivity contribution in [3.8, 4) is 0 Å². The van der Waals surface area contributed by atoms with E-state index in [-0.39, 0.29) is 0 Å². The number of aliphatic carboxylic acids is 1. The first-order valence-electron chi connectivity index (χ1n) is 6.16. The molecule has 0 aliphatic heterocycles. The molecule has 92 valence electrons. The molecule has 1 fully saturated rings. The Morgan fingerprint density at radius 3 is 2.56 bits per heavy atom. The molecule has 0 heterocycles. The normalized spacial score (nSPS) is 19.1. The molecule has 0 amide bonds. The standard InChI is InChI=1S/C13H23NO2/c1-11(8-13(15)16)9-14(2)10-12-6-4-3-5-7-12/h8,12H,3-7,9-10H2,1-2H3,(H,15,16). The van der Waals surface area contributed by atoms with E-state index in [4.69, 9.17) is 5.11 Å². The van der Waals surface area contributed by atoms with E-state index in [1.54, 1.807) is 0 Å². The van der Waals surface area contributed by atoms with Crippen LogP contribution in [0.1, 0.15) is 39.0 Å². The van der Waals surface area contributed by atoms with Crippen LogP contribution in [0.2, 0.25) is 0 Å². The molecule has 0 aromatic rings. The maximum atomic E-state index is 10.5. The van der Waals surface area contributed by atoms with Gasteiger partial charge in [-0.2, -0.15) is 0 Å². The average molecular weight is 225 g/mol. The fourth-order valence-corrected chi connectivity index (χ4v) is 2.56. The summed E-state index contributed by atoms with van der Waals surface area (Å²) >= 11 is 0. The largest absolute Gasteiger partial charge is 0.478 e. The van der Waals surface area contributed by atoms with Crippen LogP contribution >= 0.6 is 0 Å². The Balaban J connectivity index is 2.28. The molecule has 0 spiro atoms. The monoisotopic (exact) mass is 225 g/mol. The first-order valence-corrected chi connectivity index (χ1v) is 6.16. The molecule has 0 atom stereocenters. The van der Waals surface area contributed by atoms with E-state index < -0.39 is 5.97 Å². The summed E-state index contributed by atoms with van der Waals surface area (Å²) in [6.07, 6.45) is 8.10. The molecule has 3 nitrogen and oxygen atoms in total. The van der Waals surface area contributed by atoms with E-state index in [0.717, 1.165) is 24.6 Å². The SMILES string of the molecule is CC(=CC(=O)O)CN(C)CC1CCCCC1. The smallest absolute Gasteiger partial charge is 0.328 e. The molecule has 0 unspecified atom stereocenters. The molecule has 1 aliphatic carbocycles. The fraction of sp³-hybridized carbons (Fsp3) is 0.769. The zero-order valence-electron chi connectivity index (χ0n) is 10.4. The van der Waals surface area contributed by atoms with Crippen LogP contribution in [0, 0.1) is 5.92 Å². The van der Waals surface area contributed by atoms with Crippen LogP contribution in [0.15, 0.2) is 11.6 Å². The minimum Gasteiger partial charge on any atom is -0.478 e. The van der Waals surface area contributed by atoms with E-state index in [1.165, 1.54) is 38.2 Å². The van der Waals surface area contributed by atoms with Gasteiger partial charge in [-0.15, -0.1) is 0 Å². The predicted molar refractivity (Wildman–Crippen MR) is 65.5 cm³/mol. The fourth-order valence-electron chi connectivity index (χ4n) is 2.56. The lowest BCUT2D eigenvalue weighted by Gasteiger charge is -2.27. The number of carboxylic acids is 1. The highest BCUT2D eigenvalue weighted by Crippen LogP contribution is 2.24. The molecule has 0 radical (unpaired) electrons. The van der Waals surface area contributed by atoms with Crippen LogP contribution in [0.25, 0.3) is 0 Å². The van der Waals surface area contributed by atoms with Crippen molar-refractivity contribution >= 4 is 5.97 Å². The second-order valence-electron chi connectivity index (χ2n) is 5.03. The van der Waals surface area contributed by atoms with Crippen LogP contribution in [-0.4, -0.2) is 36.1 Å². The van der Waals surface area contributed by atoms with Gasteiger partial charge in [-0.05, 0) is 32.7 Å². The molecule has 1 saturated carbocycles. The van der Waals surface area contributed by atoms with Gasteiger partial charge >= 0.3 is 5.97 Å². The highest BCUT2D eigenvalue weighted by molar-refractivity contribution is 5.80. The Hall–Kier alpha value is -0.830. The van der Waals surface area contributed by atoms with Gasteiger partial charge in [0.1, 0.15) is 0 Å². The molecule has 3 heteroatoms. The van der Waals surface area contributed by atoms with Gasteiger partial charge < -0.3 is 10.0 Å². The van der Waals surface area contributed by atoms with Gasteiger partial charge in [-0.25, -0.2) is 4.79 Å². The van der Waals surface area contributed by atoms with Crippen molar-refractivity contribution in [3.05, 3.63) is 11.6 Å². The van der Waals surface area contributed by atoms with Crippen LogP contribution in [0.4, 0.5) is 0 Å². The number of likely N-dealkylation sites (N-methyl/N-ethyl adjacent to an activating group) is 1. The molecule has 16 heavy (non-hydrogen) atoms. The molecule has 0 aromatic heterocycles. The van der Waals surface area contributed by atoms with E-state index in [1.807, 2.05) is 6.92 Å². The summed E-state index contributed by atoms with van der Waals surface area (Å²) in [5, 5.41) is 8.62. The molecular weight excluding hydrogens is 202 g/mol. The minimum absolute atomic E-state index is 0.767. The van der Waals surface area contributed by atoms with Gasteiger partial charge in [0.2, 0.25) is 0 Å². The summed E-state index contributed by atoms with van der Waals surface area (Å²) in [4.78, 5) is 12.7. The van der Waals surface area contributed by atoms with Crippen LogP contribution in [0.3, 0.4) is 0 Å². The lowest BCUT2D eigenvalue weighted by Crippen LogP contribution is -2.28. The van der Waals surface area contributed by atoms with Gasteiger partial charge in [-0.1, -0.05) is 24.8 Å². The Morgan fingerprint density at radius 2 is 2.00 bits per heavy atom. The molecule has 1 rings (SSSR count). The lowest BCUT2D eigenvalue weighted by molar-refractivity contribution is -0.131. The quantitative estimate of drug-likeness (QED) is 0.731. The van der Waals surface area contributed by atoms with Gasteiger partial charge in [0, 0.05) is 19.2 Å². The Kier molecular flexibility index (Phi) is 5.53. The van der Waals surface area contributed by atoms with E-state index >= 15 is 0 Å². The molecule has 0 aromatic carbocycles. The number of rotatable bonds is 5. The lowest BCUT2D eigenvalue weighted by atomic mass is 9.89. The third-order valence-corrected chi connectivity index (χ3v) is 3.18. The van der Waals surface area contributed by atoms with E-state index in [0.29, 0.717) is 0 Å². The van der Waals surface area contributed by atoms with Crippen LogP contribution in [0.5, 0.6) is 0 Å². The zero-order valence-corrected chi connectivity index (χ0v) is 10.4. The van der Waals surface area contributed by atoms with E-state index in [2.05, 4.69) is 11.9 Å². The van der Waals surface area contributed by atoms with Gasteiger partial charge in [0.15, 0.2) is 0 Å². The minimum atomic E-state index is -0.844. The maximum absolute atomic E-state index is 10.5. The number of carbonyl (C=O) groups is 1. The summed E-state index contributed by atoms with van der Waals surface area (Å²) in [6, 6.07) is 0.